The van der Waals surface area contributed by atoms with Crippen LogP contribution in [0.2, 0.25) is 0 Å². The number of rotatable bonds is 5. The first kappa shape index (κ1) is 21.8. The van der Waals surface area contributed by atoms with Gasteiger partial charge in [0.15, 0.2) is 0 Å². The Balaban J connectivity index is 1.86. The van der Waals surface area contributed by atoms with E-state index >= 15 is 0 Å². The summed E-state index contributed by atoms with van der Waals surface area (Å²) < 4.78 is 55.7. The molecule has 8 heteroatoms. The SMILES string of the molecule is Cc1cc(C)c(S(=O)(=O)Nc2ccc(S(=O)(=O)N3CCCCC3C)cc2)c(C)c1. The van der Waals surface area contributed by atoms with Crippen molar-refractivity contribution in [3.63, 3.8) is 0 Å². The van der Waals surface area contributed by atoms with Gasteiger partial charge in [-0.15, -0.1) is 0 Å². The molecule has 0 aliphatic carbocycles. The van der Waals surface area contributed by atoms with E-state index in [4.69, 9.17) is 0 Å². The Morgan fingerprint density at radius 3 is 2.07 bits per heavy atom. The van der Waals surface area contributed by atoms with Gasteiger partial charge in [0.05, 0.1) is 9.79 Å². The van der Waals surface area contributed by atoms with Crippen molar-refractivity contribution >= 4 is 25.7 Å². The largest absolute Gasteiger partial charge is 0.280 e. The Morgan fingerprint density at radius 2 is 1.52 bits per heavy atom. The number of hydrogen-bond acceptors (Lipinski definition) is 4. The summed E-state index contributed by atoms with van der Waals surface area (Å²) in [5.74, 6) is 0. The predicted molar refractivity (Wildman–Crippen MR) is 115 cm³/mol. The first-order chi connectivity index (χ1) is 13.5. The maximum atomic E-state index is 12.9. The van der Waals surface area contributed by atoms with E-state index in [1.165, 1.54) is 28.6 Å². The van der Waals surface area contributed by atoms with E-state index in [9.17, 15) is 16.8 Å². The molecule has 0 amide bonds. The second-order valence-electron chi connectivity index (χ2n) is 7.82. The van der Waals surface area contributed by atoms with Gasteiger partial charge >= 0.3 is 0 Å². The standard InChI is InChI=1S/C21H28N2O4S2/c1-15-13-16(2)21(17(3)14-15)28(24,25)22-19-8-10-20(11-9-19)29(26,27)23-12-6-5-7-18(23)4/h8-11,13-14,18,22H,5-7,12H2,1-4H3. The molecule has 29 heavy (non-hydrogen) atoms. The van der Waals surface area contributed by atoms with Gasteiger partial charge in [-0.2, -0.15) is 4.31 Å². The molecule has 6 nitrogen and oxygen atoms in total. The third kappa shape index (κ3) is 4.49. The van der Waals surface area contributed by atoms with E-state index in [1.54, 1.807) is 13.8 Å². The average molecular weight is 437 g/mol. The zero-order valence-electron chi connectivity index (χ0n) is 17.3. The number of nitrogens with one attached hydrogen (secondary N) is 1. The molecule has 1 aliphatic rings. The number of sulfonamides is 2. The number of nitrogens with zero attached hydrogens (tertiary/aromatic N) is 1. The van der Waals surface area contributed by atoms with E-state index in [1.807, 2.05) is 26.0 Å². The van der Waals surface area contributed by atoms with Crippen molar-refractivity contribution in [3.8, 4) is 0 Å². The second kappa shape index (κ2) is 8.08. The van der Waals surface area contributed by atoms with Crippen LogP contribution in [0.3, 0.4) is 0 Å². The smallest absolute Gasteiger partial charge is 0.262 e. The minimum Gasteiger partial charge on any atom is -0.280 e. The van der Waals surface area contributed by atoms with Crippen molar-refractivity contribution in [2.75, 3.05) is 11.3 Å². The van der Waals surface area contributed by atoms with Crippen LogP contribution in [0.5, 0.6) is 0 Å². The van der Waals surface area contributed by atoms with E-state index in [0.717, 1.165) is 24.8 Å². The summed E-state index contributed by atoms with van der Waals surface area (Å²) in [5, 5.41) is 0. The van der Waals surface area contributed by atoms with Crippen LogP contribution in [-0.2, 0) is 20.0 Å². The summed E-state index contributed by atoms with van der Waals surface area (Å²) in [5.41, 5.74) is 2.68. The molecular formula is C21H28N2O4S2. The number of aryl methyl sites for hydroxylation is 3. The number of piperidine rings is 1. The van der Waals surface area contributed by atoms with Crippen molar-refractivity contribution in [1.29, 1.82) is 0 Å². The van der Waals surface area contributed by atoms with Crippen LogP contribution >= 0.6 is 0 Å². The molecule has 1 fully saturated rings. The van der Waals surface area contributed by atoms with Crippen molar-refractivity contribution in [2.24, 2.45) is 0 Å². The lowest BCUT2D eigenvalue weighted by atomic mass is 10.1. The molecule has 1 saturated heterocycles. The number of hydrogen-bond donors (Lipinski definition) is 1. The Kier molecular flexibility index (Phi) is 6.08. The second-order valence-corrected chi connectivity index (χ2v) is 11.3. The average Bonchev–Trinajstić information content (AvgIpc) is 2.60. The van der Waals surface area contributed by atoms with Gasteiger partial charge < -0.3 is 0 Å². The molecule has 1 unspecified atom stereocenters. The topological polar surface area (TPSA) is 83.5 Å². The summed E-state index contributed by atoms with van der Waals surface area (Å²) in [7, 11) is -7.36. The van der Waals surface area contributed by atoms with Crippen LogP contribution in [0, 0.1) is 20.8 Å². The molecule has 0 saturated carbocycles. The lowest BCUT2D eigenvalue weighted by Gasteiger charge is -2.32. The van der Waals surface area contributed by atoms with Gasteiger partial charge in [-0.3, -0.25) is 4.72 Å². The lowest BCUT2D eigenvalue weighted by molar-refractivity contribution is 0.268. The zero-order valence-corrected chi connectivity index (χ0v) is 18.9. The molecule has 1 heterocycles. The van der Waals surface area contributed by atoms with E-state index in [-0.39, 0.29) is 15.8 Å². The zero-order chi connectivity index (χ0) is 21.4. The maximum Gasteiger partial charge on any atom is 0.262 e. The van der Waals surface area contributed by atoms with Gasteiger partial charge in [-0.25, -0.2) is 16.8 Å². The van der Waals surface area contributed by atoms with E-state index in [2.05, 4.69) is 4.72 Å². The maximum absolute atomic E-state index is 12.9. The Morgan fingerprint density at radius 1 is 0.931 bits per heavy atom. The lowest BCUT2D eigenvalue weighted by Crippen LogP contribution is -2.41. The highest BCUT2D eigenvalue weighted by atomic mass is 32.2. The van der Waals surface area contributed by atoms with Crippen LogP contribution in [-0.4, -0.2) is 33.7 Å². The fraction of sp³-hybridized carbons (Fsp3) is 0.429. The molecule has 1 atom stereocenters. The van der Waals surface area contributed by atoms with Crippen molar-refractivity contribution in [1.82, 2.24) is 4.31 Å². The normalized spacial score (nSPS) is 18.6. The molecule has 1 N–H and O–H groups in total. The third-order valence-corrected chi connectivity index (χ3v) is 9.04. The van der Waals surface area contributed by atoms with E-state index in [0.29, 0.717) is 23.4 Å². The van der Waals surface area contributed by atoms with E-state index < -0.39 is 20.0 Å². The predicted octanol–water partition coefficient (Wildman–Crippen LogP) is 3.98. The fourth-order valence-electron chi connectivity index (χ4n) is 4.06. The molecule has 0 spiro atoms. The molecule has 2 aromatic carbocycles. The number of benzene rings is 2. The Bertz CT molecular complexity index is 1080. The summed E-state index contributed by atoms with van der Waals surface area (Å²) in [6, 6.07) is 9.55. The van der Waals surface area contributed by atoms with Crippen LogP contribution in [0.25, 0.3) is 0 Å². The van der Waals surface area contributed by atoms with Gasteiger partial charge in [0.1, 0.15) is 0 Å². The Labute approximate surface area is 174 Å². The number of anilines is 1. The molecule has 1 aliphatic heterocycles. The Hall–Kier alpha value is -1.90. The van der Waals surface area contributed by atoms with Crippen molar-refractivity contribution in [3.05, 3.63) is 53.1 Å². The fourth-order valence-corrected chi connectivity index (χ4v) is 7.27. The van der Waals surface area contributed by atoms with Crippen LogP contribution in [0.15, 0.2) is 46.2 Å². The van der Waals surface area contributed by atoms with Gasteiger partial charge in [0, 0.05) is 18.3 Å². The minimum atomic E-state index is -3.78. The van der Waals surface area contributed by atoms with Crippen LogP contribution in [0.1, 0.15) is 42.9 Å². The summed E-state index contributed by atoms with van der Waals surface area (Å²) in [6.45, 7) is 7.90. The third-order valence-electron chi connectivity index (χ3n) is 5.33. The van der Waals surface area contributed by atoms with Gasteiger partial charge in [0.2, 0.25) is 10.0 Å². The molecule has 158 valence electrons. The van der Waals surface area contributed by atoms with Gasteiger partial charge in [-0.05, 0) is 75.9 Å². The quantitative estimate of drug-likeness (QED) is 0.769. The highest BCUT2D eigenvalue weighted by Gasteiger charge is 2.31. The summed E-state index contributed by atoms with van der Waals surface area (Å²) in [6.07, 6.45) is 2.74. The highest BCUT2D eigenvalue weighted by Crippen LogP contribution is 2.28. The summed E-state index contributed by atoms with van der Waals surface area (Å²) in [4.78, 5) is 0.429. The van der Waals surface area contributed by atoms with Crippen LogP contribution < -0.4 is 4.72 Å². The highest BCUT2D eigenvalue weighted by molar-refractivity contribution is 7.92. The van der Waals surface area contributed by atoms with Gasteiger partial charge in [0.25, 0.3) is 10.0 Å². The molecule has 0 bridgehead atoms. The van der Waals surface area contributed by atoms with Crippen molar-refractivity contribution < 1.29 is 16.8 Å². The first-order valence-electron chi connectivity index (χ1n) is 9.75. The summed E-state index contributed by atoms with van der Waals surface area (Å²) >= 11 is 0. The molecule has 0 aromatic heterocycles. The van der Waals surface area contributed by atoms with Crippen LogP contribution in [0.4, 0.5) is 5.69 Å². The molecule has 3 rings (SSSR count). The molecule has 2 aromatic rings. The minimum absolute atomic E-state index is 0.0283. The first-order valence-corrected chi connectivity index (χ1v) is 12.7. The monoisotopic (exact) mass is 436 g/mol. The van der Waals surface area contributed by atoms with Crippen molar-refractivity contribution in [2.45, 2.75) is 62.8 Å². The molecule has 0 radical (unpaired) electrons. The van der Waals surface area contributed by atoms with Gasteiger partial charge in [-0.1, -0.05) is 24.1 Å². The molecular weight excluding hydrogens is 408 g/mol.